The number of methoxy groups -OCH3 is 1. The van der Waals surface area contributed by atoms with Crippen LogP contribution in [0.25, 0.3) is 0 Å². The van der Waals surface area contributed by atoms with Crippen molar-refractivity contribution in [2.45, 2.75) is 31.7 Å². The van der Waals surface area contributed by atoms with Crippen molar-refractivity contribution in [3.05, 3.63) is 47.3 Å². The number of aromatic amines is 1. The number of nitrogens with zero attached hydrogens (tertiary/aromatic N) is 2. The summed E-state index contributed by atoms with van der Waals surface area (Å²) in [4.78, 5) is 14.6. The van der Waals surface area contributed by atoms with Crippen molar-refractivity contribution in [3.8, 4) is 5.75 Å². The van der Waals surface area contributed by atoms with Crippen LogP contribution in [-0.4, -0.2) is 48.3 Å². The van der Waals surface area contributed by atoms with Gasteiger partial charge in [-0.25, -0.2) is 0 Å². The molecule has 0 saturated carbocycles. The van der Waals surface area contributed by atoms with Gasteiger partial charge in [0.1, 0.15) is 5.75 Å². The number of amides is 1. The molecular weight excluding hydrogens is 316 g/mol. The number of carbonyl (C=O) groups excluding carboxylic acids is 1. The van der Waals surface area contributed by atoms with E-state index in [1.54, 1.807) is 20.4 Å². The second-order valence-corrected chi connectivity index (χ2v) is 6.96. The minimum absolute atomic E-state index is 0.0881. The van der Waals surface area contributed by atoms with Crippen molar-refractivity contribution >= 4 is 5.91 Å². The molecule has 3 rings (SSSR count). The number of aromatic nitrogens is 2. The molecule has 1 fully saturated rings. The third-order valence-electron chi connectivity index (χ3n) is 5.03. The zero-order chi connectivity index (χ0) is 17.9. The summed E-state index contributed by atoms with van der Waals surface area (Å²) >= 11 is 0. The molecular formula is C19H26N4O2. The van der Waals surface area contributed by atoms with Crippen LogP contribution in [0, 0.1) is 0 Å². The molecule has 6 heteroatoms. The Morgan fingerprint density at radius 2 is 2.32 bits per heavy atom. The third-order valence-corrected chi connectivity index (χ3v) is 5.03. The molecule has 0 bridgehead atoms. The van der Waals surface area contributed by atoms with Crippen molar-refractivity contribution in [2.24, 2.45) is 0 Å². The fourth-order valence-corrected chi connectivity index (χ4v) is 3.77. The van der Waals surface area contributed by atoms with Gasteiger partial charge in [-0.3, -0.25) is 14.8 Å². The summed E-state index contributed by atoms with van der Waals surface area (Å²) in [5.74, 6) is 0.794. The highest BCUT2D eigenvalue weighted by Crippen LogP contribution is 2.35. The number of hydrogen-bond acceptors (Lipinski definition) is 4. The SMILES string of the molecule is CNC(=O)c1cn[nH]c1C1(C)CCCN(Cc2cccc(OC)c2)C1. The van der Waals surface area contributed by atoms with E-state index in [-0.39, 0.29) is 11.3 Å². The second kappa shape index (κ2) is 7.27. The Hall–Kier alpha value is -2.34. The fraction of sp³-hybridized carbons (Fsp3) is 0.474. The topological polar surface area (TPSA) is 70.2 Å². The number of carbonyl (C=O) groups is 1. The summed E-state index contributed by atoms with van der Waals surface area (Å²) in [6.07, 6.45) is 3.75. The van der Waals surface area contributed by atoms with E-state index in [9.17, 15) is 4.79 Å². The molecule has 1 aliphatic rings. The minimum atomic E-state index is -0.116. The molecule has 2 N–H and O–H groups in total. The molecule has 1 amide bonds. The lowest BCUT2D eigenvalue weighted by atomic mass is 9.77. The van der Waals surface area contributed by atoms with Gasteiger partial charge in [-0.05, 0) is 37.1 Å². The fourth-order valence-electron chi connectivity index (χ4n) is 3.77. The first-order valence-electron chi connectivity index (χ1n) is 8.67. The Bertz CT molecular complexity index is 743. The average Bonchev–Trinajstić information content (AvgIpc) is 3.12. The van der Waals surface area contributed by atoms with Crippen molar-refractivity contribution < 1.29 is 9.53 Å². The van der Waals surface area contributed by atoms with E-state index in [1.807, 2.05) is 12.1 Å². The van der Waals surface area contributed by atoms with Gasteiger partial charge in [-0.1, -0.05) is 19.1 Å². The normalized spacial score (nSPS) is 21.1. The van der Waals surface area contributed by atoms with Gasteiger partial charge in [0.05, 0.1) is 24.6 Å². The van der Waals surface area contributed by atoms with Gasteiger partial charge in [-0.2, -0.15) is 5.10 Å². The zero-order valence-corrected chi connectivity index (χ0v) is 15.1. The van der Waals surface area contributed by atoms with Crippen LogP contribution in [0.5, 0.6) is 5.75 Å². The molecule has 0 radical (unpaired) electrons. The van der Waals surface area contributed by atoms with E-state index < -0.39 is 0 Å². The summed E-state index contributed by atoms with van der Waals surface area (Å²) in [5, 5.41) is 9.90. The van der Waals surface area contributed by atoms with Crippen molar-refractivity contribution in [1.29, 1.82) is 0 Å². The molecule has 2 heterocycles. The number of H-pyrrole nitrogens is 1. The minimum Gasteiger partial charge on any atom is -0.497 e. The summed E-state index contributed by atoms with van der Waals surface area (Å²) in [7, 11) is 3.34. The Morgan fingerprint density at radius 3 is 3.08 bits per heavy atom. The van der Waals surface area contributed by atoms with Gasteiger partial charge in [0.15, 0.2) is 0 Å². The molecule has 2 aromatic rings. The van der Waals surface area contributed by atoms with Crippen LogP contribution in [0.15, 0.2) is 30.5 Å². The number of hydrogen-bond donors (Lipinski definition) is 2. The third kappa shape index (κ3) is 3.69. The maximum atomic E-state index is 12.1. The summed E-state index contributed by atoms with van der Waals surface area (Å²) in [5.41, 5.74) is 2.70. The van der Waals surface area contributed by atoms with E-state index >= 15 is 0 Å². The molecule has 1 aromatic heterocycles. The lowest BCUT2D eigenvalue weighted by Gasteiger charge is -2.40. The molecule has 6 nitrogen and oxygen atoms in total. The van der Waals surface area contributed by atoms with Crippen LogP contribution < -0.4 is 10.1 Å². The molecule has 25 heavy (non-hydrogen) atoms. The van der Waals surface area contributed by atoms with Gasteiger partial charge in [0, 0.05) is 25.6 Å². The highest BCUT2D eigenvalue weighted by molar-refractivity contribution is 5.95. The summed E-state index contributed by atoms with van der Waals surface area (Å²) in [6.45, 7) is 5.02. The van der Waals surface area contributed by atoms with Crippen molar-refractivity contribution in [3.63, 3.8) is 0 Å². The molecule has 1 aliphatic heterocycles. The molecule has 0 aliphatic carbocycles. The van der Waals surface area contributed by atoms with Crippen LogP contribution in [-0.2, 0) is 12.0 Å². The van der Waals surface area contributed by atoms with Gasteiger partial charge >= 0.3 is 0 Å². The Balaban J connectivity index is 1.78. The van der Waals surface area contributed by atoms with E-state index in [4.69, 9.17) is 4.74 Å². The Kier molecular flexibility index (Phi) is 5.08. The average molecular weight is 342 g/mol. The second-order valence-electron chi connectivity index (χ2n) is 6.96. The van der Waals surface area contributed by atoms with Crippen LogP contribution in [0.3, 0.4) is 0 Å². The van der Waals surface area contributed by atoms with Crippen molar-refractivity contribution in [2.75, 3.05) is 27.2 Å². The number of rotatable bonds is 5. The van der Waals surface area contributed by atoms with Crippen LogP contribution in [0.4, 0.5) is 0 Å². The van der Waals surface area contributed by atoms with E-state index in [0.29, 0.717) is 5.56 Å². The lowest BCUT2D eigenvalue weighted by molar-refractivity contribution is 0.0955. The van der Waals surface area contributed by atoms with Gasteiger partial charge in [0.2, 0.25) is 0 Å². The molecule has 0 spiro atoms. The maximum absolute atomic E-state index is 12.1. The largest absolute Gasteiger partial charge is 0.497 e. The quantitative estimate of drug-likeness (QED) is 0.875. The number of ether oxygens (including phenoxy) is 1. The molecule has 1 atom stereocenters. The van der Waals surface area contributed by atoms with Crippen LogP contribution in [0.2, 0.25) is 0 Å². The number of piperidine rings is 1. The number of likely N-dealkylation sites (tertiary alicyclic amines) is 1. The van der Waals surface area contributed by atoms with E-state index in [1.165, 1.54) is 5.56 Å². The van der Waals surface area contributed by atoms with Crippen LogP contribution >= 0.6 is 0 Å². The zero-order valence-electron chi connectivity index (χ0n) is 15.1. The lowest BCUT2D eigenvalue weighted by Crippen LogP contribution is -2.45. The van der Waals surface area contributed by atoms with E-state index in [0.717, 1.165) is 43.9 Å². The maximum Gasteiger partial charge on any atom is 0.254 e. The predicted molar refractivity (Wildman–Crippen MR) is 96.8 cm³/mol. The monoisotopic (exact) mass is 342 g/mol. The molecule has 1 aromatic carbocycles. The first kappa shape index (κ1) is 17.5. The van der Waals surface area contributed by atoms with Crippen LogP contribution in [0.1, 0.15) is 41.4 Å². The molecule has 1 saturated heterocycles. The van der Waals surface area contributed by atoms with Gasteiger partial charge in [0.25, 0.3) is 5.91 Å². The highest BCUT2D eigenvalue weighted by atomic mass is 16.5. The Labute approximate surface area is 148 Å². The first-order valence-corrected chi connectivity index (χ1v) is 8.67. The molecule has 134 valence electrons. The smallest absolute Gasteiger partial charge is 0.254 e. The molecule has 1 unspecified atom stereocenters. The standard InChI is InChI=1S/C19H26N4O2/c1-19(17-16(11-21-22-17)18(24)20-2)8-5-9-23(13-19)12-14-6-4-7-15(10-14)25-3/h4,6-7,10-11H,5,8-9,12-13H2,1-3H3,(H,20,24)(H,21,22). The van der Waals surface area contributed by atoms with Crippen molar-refractivity contribution in [1.82, 2.24) is 20.4 Å². The number of nitrogens with one attached hydrogen (secondary N) is 2. The van der Waals surface area contributed by atoms with Gasteiger partial charge in [-0.15, -0.1) is 0 Å². The summed E-state index contributed by atoms with van der Waals surface area (Å²) in [6, 6.07) is 8.19. The first-order chi connectivity index (χ1) is 12.1. The van der Waals surface area contributed by atoms with Gasteiger partial charge < -0.3 is 10.1 Å². The highest BCUT2D eigenvalue weighted by Gasteiger charge is 2.36. The summed E-state index contributed by atoms with van der Waals surface area (Å²) < 4.78 is 5.32. The van der Waals surface area contributed by atoms with E-state index in [2.05, 4.69) is 39.5 Å². The number of benzene rings is 1. The predicted octanol–water partition coefficient (Wildman–Crippen LogP) is 2.33. The Morgan fingerprint density at radius 1 is 1.48 bits per heavy atom.